The Labute approximate surface area is 202 Å². The number of rotatable bonds is 6. The minimum atomic E-state index is 0.507. The first kappa shape index (κ1) is 21.5. The topological polar surface area (TPSA) is 99.5 Å². The fraction of sp³-hybridized carbons (Fsp3) is 0.280. The van der Waals surface area contributed by atoms with Crippen molar-refractivity contribution >= 4 is 28.2 Å². The molecule has 10 nitrogen and oxygen atoms in total. The summed E-state index contributed by atoms with van der Waals surface area (Å²) in [4.78, 5) is 21.9. The molecule has 1 aliphatic heterocycles. The molecule has 0 spiro atoms. The van der Waals surface area contributed by atoms with Crippen molar-refractivity contribution in [1.29, 1.82) is 0 Å². The van der Waals surface area contributed by atoms with E-state index in [-0.39, 0.29) is 0 Å². The number of nitrogens with zero attached hydrogens (tertiary/aromatic N) is 7. The lowest BCUT2D eigenvalue weighted by atomic mass is 10.2. The van der Waals surface area contributed by atoms with Crippen molar-refractivity contribution in [2.24, 2.45) is 0 Å². The van der Waals surface area contributed by atoms with Crippen molar-refractivity contribution in [2.45, 2.75) is 6.54 Å². The highest BCUT2D eigenvalue weighted by Crippen LogP contribution is 2.24. The van der Waals surface area contributed by atoms with Crippen LogP contribution in [0.4, 0.5) is 11.6 Å². The van der Waals surface area contributed by atoms with Gasteiger partial charge in [-0.2, -0.15) is 0 Å². The highest BCUT2D eigenvalue weighted by atomic mass is 16.5. The van der Waals surface area contributed by atoms with E-state index >= 15 is 0 Å². The van der Waals surface area contributed by atoms with Crippen LogP contribution < -0.4 is 10.1 Å². The molecule has 1 aromatic carbocycles. The monoisotopic (exact) mass is 469 g/mol. The number of ether oxygens (including phenoxy) is 1. The summed E-state index contributed by atoms with van der Waals surface area (Å²) in [6.45, 7) is 5.15. The van der Waals surface area contributed by atoms with Gasteiger partial charge in [0.1, 0.15) is 5.82 Å². The van der Waals surface area contributed by atoms with Crippen molar-refractivity contribution in [3.63, 3.8) is 0 Å². The molecule has 0 radical (unpaired) electrons. The first-order valence-corrected chi connectivity index (χ1v) is 11.7. The lowest BCUT2D eigenvalue weighted by Crippen LogP contribution is -2.44. The number of pyridine rings is 1. The number of fused-ring (bicyclic) bond motifs is 2. The average molecular weight is 470 g/mol. The van der Waals surface area contributed by atoms with Crippen molar-refractivity contribution in [2.75, 3.05) is 45.7 Å². The molecule has 0 amide bonds. The van der Waals surface area contributed by atoms with E-state index in [9.17, 15) is 0 Å². The number of H-pyrrole nitrogens is 1. The summed E-state index contributed by atoms with van der Waals surface area (Å²) in [5.74, 6) is 2.07. The molecule has 2 N–H and O–H groups in total. The molecular formula is C25H27N9O. The fourth-order valence-electron chi connectivity index (χ4n) is 4.39. The van der Waals surface area contributed by atoms with Crippen molar-refractivity contribution in [1.82, 2.24) is 39.3 Å². The highest BCUT2D eigenvalue weighted by molar-refractivity contribution is 5.80. The molecule has 0 aliphatic carbocycles. The Bertz CT molecular complexity index is 1470. The molecule has 0 atom stereocenters. The Hall–Kier alpha value is -4.02. The minimum absolute atomic E-state index is 0.507. The number of hydrogen-bond acceptors (Lipinski definition) is 8. The molecule has 10 heteroatoms. The van der Waals surface area contributed by atoms with Gasteiger partial charge in [0.2, 0.25) is 11.8 Å². The second kappa shape index (κ2) is 8.97. The van der Waals surface area contributed by atoms with Crippen LogP contribution in [0.5, 0.6) is 5.88 Å². The first-order chi connectivity index (χ1) is 17.1. The molecule has 35 heavy (non-hydrogen) atoms. The SMILES string of the molecule is COc1ccc(-c2ccc3cnc(Nc4ccc5nc(CN6CCN(C)CC6)[nH]c5c4)nn23)cn1. The number of aromatic amines is 1. The van der Waals surface area contributed by atoms with Crippen LogP contribution in [0.3, 0.4) is 0 Å². The van der Waals surface area contributed by atoms with E-state index in [1.54, 1.807) is 19.5 Å². The van der Waals surface area contributed by atoms with Gasteiger partial charge in [0.15, 0.2) is 0 Å². The van der Waals surface area contributed by atoms with Crippen molar-refractivity contribution in [3.05, 3.63) is 60.7 Å². The Morgan fingerprint density at radius 1 is 1.00 bits per heavy atom. The normalized spacial score (nSPS) is 15.1. The number of likely N-dealkylation sites (N-methyl/N-ethyl adjacent to an activating group) is 1. The van der Waals surface area contributed by atoms with Gasteiger partial charge in [-0.1, -0.05) is 0 Å². The van der Waals surface area contributed by atoms with E-state index in [0.717, 1.165) is 72.0 Å². The fourth-order valence-corrected chi connectivity index (χ4v) is 4.39. The molecule has 0 saturated carbocycles. The van der Waals surface area contributed by atoms with Gasteiger partial charge in [-0.3, -0.25) is 4.90 Å². The van der Waals surface area contributed by atoms with E-state index < -0.39 is 0 Å². The predicted molar refractivity (Wildman–Crippen MR) is 135 cm³/mol. The third-order valence-corrected chi connectivity index (χ3v) is 6.40. The van der Waals surface area contributed by atoms with Gasteiger partial charge in [-0.05, 0) is 43.4 Å². The predicted octanol–water partition coefficient (Wildman–Crippen LogP) is 3.17. The van der Waals surface area contributed by atoms with E-state index in [4.69, 9.17) is 14.8 Å². The number of methoxy groups -OCH3 is 1. The Morgan fingerprint density at radius 2 is 1.89 bits per heavy atom. The Kier molecular flexibility index (Phi) is 5.51. The summed E-state index contributed by atoms with van der Waals surface area (Å²) in [5, 5.41) is 8.05. The molecular weight excluding hydrogens is 442 g/mol. The maximum Gasteiger partial charge on any atom is 0.245 e. The van der Waals surface area contributed by atoms with E-state index in [1.165, 1.54) is 0 Å². The van der Waals surface area contributed by atoms with Gasteiger partial charge in [-0.25, -0.2) is 19.5 Å². The Morgan fingerprint density at radius 3 is 2.69 bits per heavy atom. The largest absolute Gasteiger partial charge is 0.481 e. The lowest BCUT2D eigenvalue weighted by molar-refractivity contribution is 0.146. The first-order valence-electron chi connectivity index (χ1n) is 11.7. The van der Waals surface area contributed by atoms with Gasteiger partial charge in [0.25, 0.3) is 0 Å². The van der Waals surface area contributed by atoms with Crippen LogP contribution in [0.1, 0.15) is 5.82 Å². The lowest BCUT2D eigenvalue weighted by Gasteiger charge is -2.31. The second-order valence-electron chi connectivity index (χ2n) is 8.85. The molecule has 0 bridgehead atoms. The maximum atomic E-state index is 5.17. The summed E-state index contributed by atoms with van der Waals surface area (Å²) in [5.41, 5.74) is 5.62. The van der Waals surface area contributed by atoms with Crippen LogP contribution in [0.25, 0.3) is 27.8 Å². The van der Waals surface area contributed by atoms with Crippen LogP contribution in [0.15, 0.2) is 54.9 Å². The Balaban J connectivity index is 1.22. The van der Waals surface area contributed by atoms with Gasteiger partial charge in [0.05, 0.1) is 42.1 Å². The molecule has 0 unspecified atom stereocenters. The molecule has 1 aliphatic rings. The summed E-state index contributed by atoms with van der Waals surface area (Å²) in [7, 11) is 3.77. The number of nitrogens with one attached hydrogen (secondary N) is 2. The standard InChI is InChI=1S/C25H27N9O/c1-32-9-11-33(12-10-32)16-23-29-20-6-4-18(13-21(20)30-23)28-25-27-15-19-5-7-22(34(19)31-25)17-3-8-24(35-2)26-14-17/h3-8,13-15H,9-12,16H2,1-2H3,(H,28,31)(H,29,30). The van der Waals surface area contributed by atoms with Crippen LogP contribution in [-0.4, -0.2) is 79.7 Å². The number of imidazole rings is 1. The zero-order valence-corrected chi connectivity index (χ0v) is 19.8. The van der Waals surface area contributed by atoms with Crippen LogP contribution in [-0.2, 0) is 6.54 Å². The van der Waals surface area contributed by atoms with Gasteiger partial charge < -0.3 is 19.9 Å². The van der Waals surface area contributed by atoms with Gasteiger partial charge in [-0.15, -0.1) is 5.10 Å². The summed E-state index contributed by atoms with van der Waals surface area (Å²) in [6, 6.07) is 13.9. The van der Waals surface area contributed by atoms with Crippen molar-refractivity contribution < 1.29 is 4.74 Å². The zero-order valence-electron chi connectivity index (χ0n) is 19.8. The minimum Gasteiger partial charge on any atom is -0.481 e. The molecule has 5 heterocycles. The molecule has 6 rings (SSSR count). The van der Waals surface area contributed by atoms with Crippen LogP contribution in [0.2, 0.25) is 0 Å². The van der Waals surface area contributed by atoms with Gasteiger partial charge >= 0.3 is 0 Å². The summed E-state index contributed by atoms with van der Waals surface area (Å²) in [6.07, 6.45) is 3.58. The molecule has 5 aromatic rings. The quantitative estimate of drug-likeness (QED) is 0.391. The van der Waals surface area contributed by atoms with Gasteiger partial charge in [0, 0.05) is 49.7 Å². The molecule has 1 fully saturated rings. The van der Waals surface area contributed by atoms with E-state index in [0.29, 0.717) is 11.8 Å². The summed E-state index contributed by atoms with van der Waals surface area (Å²) >= 11 is 0. The smallest absolute Gasteiger partial charge is 0.245 e. The van der Waals surface area contributed by atoms with E-state index in [1.807, 2.05) is 47.0 Å². The number of aromatic nitrogens is 6. The average Bonchev–Trinajstić information content (AvgIpc) is 3.48. The maximum absolute atomic E-state index is 5.17. The zero-order chi connectivity index (χ0) is 23.8. The van der Waals surface area contributed by atoms with Crippen LogP contribution >= 0.6 is 0 Å². The number of hydrogen-bond donors (Lipinski definition) is 2. The second-order valence-corrected chi connectivity index (χ2v) is 8.85. The molecule has 1 saturated heterocycles. The van der Waals surface area contributed by atoms with Crippen LogP contribution in [0, 0.1) is 0 Å². The highest BCUT2D eigenvalue weighted by Gasteiger charge is 2.16. The number of anilines is 2. The van der Waals surface area contributed by atoms with E-state index in [2.05, 4.69) is 37.1 Å². The molecule has 4 aromatic heterocycles. The number of piperazine rings is 1. The third kappa shape index (κ3) is 4.41. The third-order valence-electron chi connectivity index (χ3n) is 6.40. The number of benzene rings is 1. The summed E-state index contributed by atoms with van der Waals surface area (Å²) < 4.78 is 7.03. The molecule has 178 valence electrons. The van der Waals surface area contributed by atoms with Crippen molar-refractivity contribution in [3.8, 4) is 17.1 Å².